The summed E-state index contributed by atoms with van der Waals surface area (Å²) >= 11 is 0. The summed E-state index contributed by atoms with van der Waals surface area (Å²) in [5.74, 6) is -0.728. The van der Waals surface area contributed by atoms with Crippen molar-refractivity contribution in [3.63, 3.8) is 0 Å². The Balaban J connectivity index is 2.68. The van der Waals surface area contributed by atoms with E-state index < -0.39 is 11.4 Å². The zero-order valence-corrected chi connectivity index (χ0v) is 13.2. The van der Waals surface area contributed by atoms with E-state index in [1.165, 1.54) is 12.1 Å². The van der Waals surface area contributed by atoms with E-state index >= 15 is 0 Å². The topological polar surface area (TPSA) is 58.4 Å². The summed E-state index contributed by atoms with van der Waals surface area (Å²) in [5, 5.41) is 3.22. The van der Waals surface area contributed by atoms with Crippen molar-refractivity contribution in [1.82, 2.24) is 10.2 Å². The van der Waals surface area contributed by atoms with Crippen molar-refractivity contribution in [3.05, 3.63) is 35.6 Å². The number of benzene rings is 1. The molecule has 0 spiro atoms. The van der Waals surface area contributed by atoms with Gasteiger partial charge in [-0.3, -0.25) is 4.79 Å². The van der Waals surface area contributed by atoms with E-state index in [4.69, 9.17) is 5.73 Å². The quantitative estimate of drug-likeness (QED) is 0.726. The molecule has 0 fully saturated rings. The lowest BCUT2D eigenvalue weighted by Crippen LogP contribution is -2.56. The zero-order chi connectivity index (χ0) is 15.9. The number of nitrogens with one attached hydrogen (secondary N) is 1. The van der Waals surface area contributed by atoms with E-state index in [1.54, 1.807) is 19.1 Å². The fourth-order valence-electron chi connectivity index (χ4n) is 2.32. The zero-order valence-electron chi connectivity index (χ0n) is 13.2. The second kappa shape index (κ2) is 8.10. The number of amides is 1. The van der Waals surface area contributed by atoms with Crippen LogP contribution in [0.15, 0.2) is 24.3 Å². The lowest BCUT2D eigenvalue weighted by molar-refractivity contribution is -0.123. The Morgan fingerprint density at radius 2 is 2.05 bits per heavy atom. The van der Waals surface area contributed by atoms with Gasteiger partial charge in [0.05, 0.1) is 5.54 Å². The van der Waals surface area contributed by atoms with Crippen LogP contribution >= 0.6 is 0 Å². The minimum atomic E-state index is -0.874. The summed E-state index contributed by atoms with van der Waals surface area (Å²) in [6.07, 6.45) is 0.373. The molecule has 1 unspecified atom stereocenters. The molecule has 0 bridgehead atoms. The molecule has 1 aromatic rings. The van der Waals surface area contributed by atoms with Crippen LogP contribution in [0.3, 0.4) is 0 Å². The fraction of sp³-hybridized carbons (Fsp3) is 0.562. The smallest absolute Gasteiger partial charge is 0.237 e. The highest BCUT2D eigenvalue weighted by Crippen LogP contribution is 2.14. The van der Waals surface area contributed by atoms with Gasteiger partial charge in [-0.1, -0.05) is 26.0 Å². The molecular formula is C16H26FN3O. The van der Waals surface area contributed by atoms with Crippen LogP contribution < -0.4 is 11.1 Å². The third-order valence-corrected chi connectivity index (χ3v) is 3.83. The molecule has 0 heterocycles. The van der Waals surface area contributed by atoms with Crippen molar-refractivity contribution in [2.24, 2.45) is 5.73 Å². The molecular weight excluding hydrogens is 269 g/mol. The maximum Gasteiger partial charge on any atom is 0.237 e. The number of hydrogen-bond acceptors (Lipinski definition) is 3. The van der Waals surface area contributed by atoms with Crippen LogP contribution in [0.5, 0.6) is 0 Å². The molecule has 1 amide bonds. The number of rotatable bonds is 9. The third-order valence-electron chi connectivity index (χ3n) is 3.83. The van der Waals surface area contributed by atoms with Crippen molar-refractivity contribution < 1.29 is 9.18 Å². The predicted octanol–water partition coefficient (Wildman–Crippen LogP) is 1.54. The van der Waals surface area contributed by atoms with Crippen LogP contribution in [0.25, 0.3) is 0 Å². The molecule has 1 atom stereocenters. The Bertz CT molecular complexity index is 463. The van der Waals surface area contributed by atoms with E-state index in [0.29, 0.717) is 13.0 Å². The van der Waals surface area contributed by atoms with Crippen LogP contribution in [-0.2, 0) is 11.2 Å². The number of carbonyl (C=O) groups excluding carboxylic acids is 1. The van der Waals surface area contributed by atoms with Crippen LogP contribution in [0, 0.1) is 5.82 Å². The molecule has 118 valence electrons. The standard InChI is InChI=1S/C16H26FN3O/c1-4-20(5-2)10-9-19-16(3,15(18)21)12-13-7-6-8-14(17)11-13/h6-8,11,19H,4-5,9-10,12H2,1-3H3,(H2,18,21). The Kier molecular flexibility index (Phi) is 6.78. The fourth-order valence-corrected chi connectivity index (χ4v) is 2.32. The number of halogens is 1. The summed E-state index contributed by atoms with van der Waals surface area (Å²) in [7, 11) is 0. The van der Waals surface area contributed by atoms with Gasteiger partial charge in [0.25, 0.3) is 0 Å². The molecule has 21 heavy (non-hydrogen) atoms. The van der Waals surface area contributed by atoms with E-state index in [0.717, 1.165) is 25.2 Å². The highest BCUT2D eigenvalue weighted by Gasteiger charge is 2.30. The van der Waals surface area contributed by atoms with Gasteiger partial charge in [0.2, 0.25) is 5.91 Å². The van der Waals surface area contributed by atoms with E-state index in [9.17, 15) is 9.18 Å². The number of nitrogens with two attached hydrogens (primary N) is 1. The number of carbonyl (C=O) groups is 1. The van der Waals surface area contributed by atoms with E-state index in [2.05, 4.69) is 24.1 Å². The summed E-state index contributed by atoms with van der Waals surface area (Å²) in [6, 6.07) is 6.27. The molecule has 0 aliphatic rings. The van der Waals surface area contributed by atoms with Crippen LogP contribution in [0.1, 0.15) is 26.3 Å². The minimum absolute atomic E-state index is 0.303. The Hall–Kier alpha value is -1.46. The molecule has 0 saturated heterocycles. The van der Waals surface area contributed by atoms with Crippen molar-refractivity contribution in [2.45, 2.75) is 32.7 Å². The minimum Gasteiger partial charge on any atom is -0.368 e. The largest absolute Gasteiger partial charge is 0.368 e. The summed E-state index contributed by atoms with van der Waals surface area (Å²) in [6.45, 7) is 9.41. The predicted molar refractivity (Wildman–Crippen MR) is 83.5 cm³/mol. The molecule has 0 aromatic heterocycles. The molecule has 5 heteroatoms. The number of hydrogen-bond donors (Lipinski definition) is 2. The summed E-state index contributed by atoms with van der Waals surface area (Å²) in [4.78, 5) is 14.0. The van der Waals surface area contributed by atoms with Crippen LogP contribution in [-0.4, -0.2) is 42.5 Å². The number of nitrogens with zero attached hydrogens (tertiary/aromatic N) is 1. The van der Waals surface area contributed by atoms with Gasteiger partial charge < -0.3 is 16.0 Å². The molecule has 4 nitrogen and oxygen atoms in total. The first kappa shape index (κ1) is 17.6. The van der Waals surface area contributed by atoms with Gasteiger partial charge in [0, 0.05) is 13.1 Å². The highest BCUT2D eigenvalue weighted by molar-refractivity contribution is 5.84. The molecule has 0 radical (unpaired) electrons. The summed E-state index contributed by atoms with van der Waals surface area (Å²) < 4.78 is 13.2. The molecule has 0 aliphatic heterocycles. The Morgan fingerprint density at radius 3 is 2.57 bits per heavy atom. The number of primary amides is 1. The molecule has 0 saturated carbocycles. The molecule has 1 aromatic carbocycles. The Morgan fingerprint density at radius 1 is 1.38 bits per heavy atom. The average Bonchev–Trinajstić information content (AvgIpc) is 2.43. The first-order valence-corrected chi connectivity index (χ1v) is 7.43. The van der Waals surface area contributed by atoms with Crippen molar-refractivity contribution in [2.75, 3.05) is 26.2 Å². The lowest BCUT2D eigenvalue weighted by Gasteiger charge is -2.29. The van der Waals surface area contributed by atoms with Gasteiger partial charge in [0.15, 0.2) is 0 Å². The highest BCUT2D eigenvalue weighted by atomic mass is 19.1. The monoisotopic (exact) mass is 295 g/mol. The second-order valence-corrected chi connectivity index (χ2v) is 5.46. The van der Waals surface area contributed by atoms with Gasteiger partial charge in [-0.2, -0.15) is 0 Å². The van der Waals surface area contributed by atoms with Gasteiger partial charge >= 0.3 is 0 Å². The van der Waals surface area contributed by atoms with E-state index in [1.807, 2.05) is 0 Å². The molecule has 3 N–H and O–H groups in total. The maximum atomic E-state index is 13.2. The Labute approximate surface area is 126 Å². The summed E-state index contributed by atoms with van der Waals surface area (Å²) in [5.41, 5.74) is 5.41. The molecule has 1 rings (SSSR count). The van der Waals surface area contributed by atoms with Crippen molar-refractivity contribution in [3.8, 4) is 0 Å². The van der Waals surface area contributed by atoms with Crippen LogP contribution in [0.2, 0.25) is 0 Å². The van der Waals surface area contributed by atoms with Gasteiger partial charge in [-0.25, -0.2) is 4.39 Å². The maximum absolute atomic E-state index is 13.2. The molecule has 0 aliphatic carbocycles. The van der Waals surface area contributed by atoms with Gasteiger partial charge in [-0.15, -0.1) is 0 Å². The van der Waals surface area contributed by atoms with E-state index in [-0.39, 0.29) is 5.82 Å². The lowest BCUT2D eigenvalue weighted by atomic mass is 9.92. The normalized spacial score (nSPS) is 14.1. The van der Waals surface area contributed by atoms with Gasteiger partial charge in [0.1, 0.15) is 5.82 Å². The third kappa shape index (κ3) is 5.44. The van der Waals surface area contributed by atoms with Crippen LogP contribution in [0.4, 0.5) is 4.39 Å². The first-order chi connectivity index (χ1) is 9.91. The van der Waals surface area contributed by atoms with Crippen molar-refractivity contribution >= 4 is 5.91 Å². The SMILES string of the molecule is CCN(CC)CCNC(C)(Cc1cccc(F)c1)C(N)=O. The van der Waals surface area contributed by atoms with Crippen molar-refractivity contribution in [1.29, 1.82) is 0 Å². The second-order valence-electron chi connectivity index (χ2n) is 5.46. The number of likely N-dealkylation sites (N-methyl/N-ethyl adjacent to an activating group) is 1. The first-order valence-electron chi connectivity index (χ1n) is 7.43. The van der Waals surface area contributed by atoms with Gasteiger partial charge in [-0.05, 0) is 44.1 Å². The average molecular weight is 295 g/mol.